The maximum Gasteiger partial charge on any atom is 0.335 e. The Morgan fingerprint density at radius 3 is 3.00 bits per heavy atom. The molecule has 0 saturated heterocycles. The molecule has 0 amide bonds. The predicted octanol–water partition coefficient (Wildman–Crippen LogP) is 1.80. The van der Waals surface area contributed by atoms with Crippen LogP contribution < -0.4 is 10.1 Å². The Kier molecular flexibility index (Phi) is 3.92. The van der Waals surface area contributed by atoms with Gasteiger partial charge in [0.1, 0.15) is 0 Å². The van der Waals surface area contributed by atoms with E-state index in [1.54, 1.807) is 30.5 Å². The molecule has 0 atom stereocenters. The van der Waals surface area contributed by atoms with E-state index >= 15 is 0 Å². The van der Waals surface area contributed by atoms with Gasteiger partial charge in [0.2, 0.25) is 11.8 Å². The first-order valence-corrected chi connectivity index (χ1v) is 5.62. The number of carboxylic acid groups (broad SMARTS) is 1. The Morgan fingerprint density at radius 2 is 2.26 bits per heavy atom. The molecule has 0 radical (unpaired) electrons. The number of benzene rings is 1. The second kappa shape index (κ2) is 5.81. The van der Waals surface area contributed by atoms with Crippen LogP contribution in [0.1, 0.15) is 15.9 Å². The van der Waals surface area contributed by atoms with Crippen LogP contribution in [0.4, 0.5) is 5.95 Å². The number of methoxy groups -OCH3 is 1. The van der Waals surface area contributed by atoms with Gasteiger partial charge >= 0.3 is 5.97 Å². The van der Waals surface area contributed by atoms with Gasteiger partial charge in [0, 0.05) is 18.8 Å². The van der Waals surface area contributed by atoms with Crippen LogP contribution in [0.15, 0.2) is 36.5 Å². The molecule has 0 aliphatic rings. The van der Waals surface area contributed by atoms with Crippen molar-refractivity contribution in [3.05, 3.63) is 47.7 Å². The highest BCUT2D eigenvalue weighted by Crippen LogP contribution is 2.10. The van der Waals surface area contributed by atoms with Gasteiger partial charge in [0.05, 0.1) is 12.7 Å². The highest BCUT2D eigenvalue weighted by atomic mass is 16.5. The van der Waals surface area contributed by atoms with Crippen molar-refractivity contribution in [1.82, 2.24) is 9.97 Å². The number of hydrogen-bond donors (Lipinski definition) is 2. The van der Waals surface area contributed by atoms with Crippen molar-refractivity contribution < 1.29 is 14.6 Å². The average Bonchev–Trinajstić information content (AvgIpc) is 2.45. The van der Waals surface area contributed by atoms with Crippen LogP contribution in [0.2, 0.25) is 0 Å². The monoisotopic (exact) mass is 259 g/mol. The third kappa shape index (κ3) is 3.41. The molecular weight excluding hydrogens is 246 g/mol. The zero-order valence-electron chi connectivity index (χ0n) is 10.3. The second-order valence-electron chi connectivity index (χ2n) is 3.78. The van der Waals surface area contributed by atoms with E-state index in [-0.39, 0.29) is 5.56 Å². The largest absolute Gasteiger partial charge is 0.481 e. The SMILES string of the molecule is COc1ccnc(NCc2cccc(C(=O)O)c2)n1. The smallest absolute Gasteiger partial charge is 0.335 e. The van der Waals surface area contributed by atoms with Crippen molar-refractivity contribution in [2.75, 3.05) is 12.4 Å². The first-order chi connectivity index (χ1) is 9.19. The number of aromatic carboxylic acids is 1. The van der Waals surface area contributed by atoms with Crippen LogP contribution >= 0.6 is 0 Å². The summed E-state index contributed by atoms with van der Waals surface area (Å²) >= 11 is 0. The topological polar surface area (TPSA) is 84.3 Å². The van der Waals surface area contributed by atoms with E-state index in [1.165, 1.54) is 7.11 Å². The Morgan fingerprint density at radius 1 is 1.42 bits per heavy atom. The molecular formula is C13H13N3O3. The lowest BCUT2D eigenvalue weighted by Crippen LogP contribution is -2.05. The molecule has 0 bridgehead atoms. The number of aromatic nitrogens is 2. The van der Waals surface area contributed by atoms with Gasteiger partial charge in [-0.05, 0) is 17.7 Å². The Labute approximate surface area is 110 Å². The van der Waals surface area contributed by atoms with Crippen molar-refractivity contribution in [2.24, 2.45) is 0 Å². The molecule has 2 rings (SSSR count). The second-order valence-corrected chi connectivity index (χ2v) is 3.78. The lowest BCUT2D eigenvalue weighted by Gasteiger charge is -2.06. The maximum absolute atomic E-state index is 10.8. The number of carboxylic acids is 1. The summed E-state index contributed by atoms with van der Waals surface area (Å²) in [6, 6.07) is 8.34. The summed E-state index contributed by atoms with van der Waals surface area (Å²) < 4.78 is 4.99. The first-order valence-electron chi connectivity index (χ1n) is 5.62. The first kappa shape index (κ1) is 12.8. The molecule has 6 heteroatoms. The summed E-state index contributed by atoms with van der Waals surface area (Å²) in [6.07, 6.45) is 1.59. The van der Waals surface area contributed by atoms with Crippen LogP contribution in [-0.4, -0.2) is 28.2 Å². The molecule has 0 spiro atoms. The lowest BCUT2D eigenvalue weighted by molar-refractivity contribution is 0.0697. The molecule has 98 valence electrons. The van der Waals surface area contributed by atoms with Gasteiger partial charge in [-0.3, -0.25) is 0 Å². The number of nitrogens with one attached hydrogen (secondary N) is 1. The Bertz CT molecular complexity index is 587. The van der Waals surface area contributed by atoms with Crippen molar-refractivity contribution in [3.8, 4) is 5.88 Å². The number of nitrogens with zero attached hydrogens (tertiary/aromatic N) is 2. The highest BCUT2D eigenvalue weighted by molar-refractivity contribution is 5.87. The van der Waals surface area contributed by atoms with Gasteiger partial charge in [-0.2, -0.15) is 4.98 Å². The Hall–Kier alpha value is -2.63. The molecule has 1 aromatic carbocycles. The van der Waals surface area contributed by atoms with Gasteiger partial charge < -0.3 is 15.2 Å². The van der Waals surface area contributed by atoms with Crippen LogP contribution in [0, 0.1) is 0 Å². The summed E-state index contributed by atoms with van der Waals surface area (Å²) in [4.78, 5) is 19.0. The molecule has 19 heavy (non-hydrogen) atoms. The van der Waals surface area contributed by atoms with Gasteiger partial charge in [-0.15, -0.1) is 0 Å². The van der Waals surface area contributed by atoms with E-state index in [9.17, 15) is 4.79 Å². The van der Waals surface area contributed by atoms with Crippen molar-refractivity contribution in [3.63, 3.8) is 0 Å². The molecule has 0 aliphatic carbocycles. The van der Waals surface area contributed by atoms with Crippen molar-refractivity contribution in [2.45, 2.75) is 6.54 Å². The molecule has 0 fully saturated rings. The van der Waals surface area contributed by atoms with E-state index in [1.807, 2.05) is 6.07 Å². The van der Waals surface area contributed by atoms with Gasteiger partial charge in [0.15, 0.2) is 0 Å². The molecule has 6 nitrogen and oxygen atoms in total. The zero-order chi connectivity index (χ0) is 13.7. The van der Waals surface area contributed by atoms with E-state index < -0.39 is 5.97 Å². The molecule has 1 heterocycles. The minimum absolute atomic E-state index is 0.255. The lowest BCUT2D eigenvalue weighted by atomic mass is 10.1. The van der Waals surface area contributed by atoms with Crippen molar-refractivity contribution in [1.29, 1.82) is 0 Å². The normalized spacial score (nSPS) is 9.95. The van der Waals surface area contributed by atoms with Crippen LogP contribution in [-0.2, 0) is 6.54 Å². The third-order valence-electron chi connectivity index (χ3n) is 2.46. The van der Waals surface area contributed by atoms with Gasteiger partial charge in [0.25, 0.3) is 0 Å². The van der Waals surface area contributed by atoms with Crippen molar-refractivity contribution >= 4 is 11.9 Å². The summed E-state index contributed by atoms with van der Waals surface area (Å²) in [7, 11) is 1.53. The van der Waals surface area contributed by atoms with Crippen LogP contribution in [0.3, 0.4) is 0 Å². The van der Waals surface area contributed by atoms with Crippen LogP contribution in [0.5, 0.6) is 5.88 Å². The highest BCUT2D eigenvalue weighted by Gasteiger charge is 2.04. The van der Waals surface area contributed by atoms with E-state index in [2.05, 4.69) is 15.3 Å². The minimum atomic E-state index is -0.945. The Balaban J connectivity index is 2.05. The van der Waals surface area contributed by atoms with Gasteiger partial charge in [-0.1, -0.05) is 12.1 Å². The fraction of sp³-hybridized carbons (Fsp3) is 0.154. The fourth-order valence-corrected chi connectivity index (χ4v) is 1.54. The summed E-state index contributed by atoms with van der Waals surface area (Å²) in [5.41, 5.74) is 1.09. The number of ether oxygens (including phenoxy) is 1. The standard InChI is InChI=1S/C13H13N3O3/c1-19-11-5-6-14-13(16-11)15-8-9-3-2-4-10(7-9)12(17)18/h2-7H,8H2,1H3,(H,17,18)(H,14,15,16). The predicted molar refractivity (Wildman–Crippen MR) is 69.3 cm³/mol. The maximum atomic E-state index is 10.8. The number of hydrogen-bond acceptors (Lipinski definition) is 5. The summed E-state index contributed by atoms with van der Waals surface area (Å²) in [5, 5.41) is 11.9. The van der Waals surface area contributed by atoms with E-state index in [0.29, 0.717) is 18.4 Å². The quantitative estimate of drug-likeness (QED) is 0.851. The average molecular weight is 259 g/mol. The number of carbonyl (C=O) groups is 1. The molecule has 0 unspecified atom stereocenters. The fourth-order valence-electron chi connectivity index (χ4n) is 1.54. The molecule has 2 N–H and O–H groups in total. The van der Waals surface area contributed by atoms with E-state index in [4.69, 9.17) is 9.84 Å². The number of anilines is 1. The molecule has 0 aliphatic heterocycles. The molecule has 1 aromatic heterocycles. The molecule has 2 aromatic rings. The summed E-state index contributed by atoms with van der Waals surface area (Å²) in [6.45, 7) is 0.439. The minimum Gasteiger partial charge on any atom is -0.481 e. The number of rotatable bonds is 5. The molecule has 0 saturated carbocycles. The zero-order valence-corrected chi connectivity index (χ0v) is 10.3. The van der Waals surface area contributed by atoms with E-state index in [0.717, 1.165) is 5.56 Å². The third-order valence-corrected chi connectivity index (χ3v) is 2.46. The summed E-state index contributed by atoms with van der Waals surface area (Å²) in [5.74, 6) is -0.0451. The van der Waals surface area contributed by atoms with Crippen LogP contribution in [0.25, 0.3) is 0 Å². The van der Waals surface area contributed by atoms with Gasteiger partial charge in [-0.25, -0.2) is 9.78 Å².